The van der Waals surface area contributed by atoms with Crippen LogP contribution in [0.1, 0.15) is 50.9 Å². The summed E-state index contributed by atoms with van der Waals surface area (Å²) in [4.78, 5) is 12.1. The first-order valence-corrected chi connectivity index (χ1v) is 7.50. The average molecular weight is 277 g/mol. The van der Waals surface area contributed by atoms with E-state index in [2.05, 4.69) is 33.0 Å². The first-order valence-electron chi connectivity index (χ1n) is 7.50. The first kappa shape index (κ1) is 16.5. The molecule has 0 aliphatic carbocycles. The second-order valence-electron chi connectivity index (χ2n) is 5.97. The lowest BCUT2D eigenvalue weighted by molar-refractivity contribution is 0.0489. The Morgan fingerprint density at radius 2 is 1.75 bits per heavy atom. The van der Waals surface area contributed by atoms with E-state index >= 15 is 0 Å². The predicted octanol–water partition coefficient (Wildman–Crippen LogP) is 4.35. The van der Waals surface area contributed by atoms with Crippen LogP contribution in [0.15, 0.2) is 24.3 Å². The molecule has 20 heavy (non-hydrogen) atoms. The van der Waals surface area contributed by atoms with E-state index in [0.717, 1.165) is 25.1 Å². The summed E-state index contributed by atoms with van der Waals surface area (Å²) in [6.45, 7) is 9.97. The highest BCUT2D eigenvalue weighted by Crippen LogP contribution is 2.17. The van der Waals surface area contributed by atoms with Gasteiger partial charge < -0.3 is 10.1 Å². The molecule has 0 unspecified atom stereocenters. The highest BCUT2D eigenvalue weighted by Gasteiger charge is 2.12. The van der Waals surface area contributed by atoms with Crippen LogP contribution in [0, 0.1) is 11.8 Å². The highest BCUT2D eigenvalue weighted by atomic mass is 16.5. The third-order valence-electron chi connectivity index (χ3n) is 3.11. The van der Waals surface area contributed by atoms with Crippen molar-refractivity contribution in [3.8, 4) is 0 Å². The van der Waals surface area contributed by atoms with Gasteiger partial charge in [0.1, 0.15) is 0 Å². The Kier molecular flexibility index (Phi) is 7.13. The van der Waals surface area contributed by atoms with E-state index in [4.69, 9.17) is 4.74 Å². The van der Waals surface area contributed by atoms with Gasteiger partial charge in [0.2, 0.25) is 0 Å². The maximum absolute atomic E-state index is 12.1. The Hall–Kier alpha value is -1.51. The number of carbonyl (C=O) groups is 1. The molecule has 1 aromatic rings. The van der Waals surface area contributed by atoms with Gasteiger partial charge in [-0.15, -0.1) is 0 Å². The van der Waals surface area contributed by atoms with Crippen LogP contribution in [-0.2, 0) is 4.74 Å². The molecule has 1 rings (SSSR count). The molecular formula is C17H27NO2. The van der Waals surface area contributed by atoms with Gasteiger partial charge in [-0.1, -0.05) is 39.8 Å². The van der Waals surface area contributed by atoms with Crippen molar-refractivity contribution in [1.29, 1.82) is 0 Å². The van der Waals surface area contributed by atoms with Gasteiger partial charge >= 0.3 is 5.97 Å². The van der Waals surface area contributed by atoms with Crippen molar-refractivity contribution in [2.75, 3.05) is 18.5 Å². The lowest BCUT2D eigenvalue weighted by atomic mass is 10.1. The zero-order valence-corrected chi connectivity index (χ0v) is 13.1. The molecule has 0 radical (unpaired) electrons. The van der Waals surface area contributed by atoms with Crippen LogP contribution in [0.2, 0.25) is 0 Å². The standard InChI is InChI=1S/C17H27NO2/c1-13(2)9-11-18-16-8-6-5-7-15(16)17(19)20-12-10-14(3)4/h5-8,13-14,18H,9-12H2,1-4H3. The lowest BCUT2D eigenvalue weighted by Crippen LogP contribution is -2.12. The molecule has 0 fully saturated rings. The number of anilines is 1. The molecule has 3 nitrogen and oxygen atoms in total. The van der Waals surface area contributed by atoms with Crippen LogP contribution in [0.3, 0.4) is 0 Å². The van der Waals surface area contributed by atoms with Gasteiger partial charge in [-0.05, 0) is 36.8 Å². The van der Waals surface area contributed by atoms with Gasteiger partial charge in [-0.3, -0.25) is 0 Å². The van der Waals surface area contributed by atoms with Crippen molar-refractivity contribution in [3.05, 3.63) is 29.8 Å². The molecule has 112 valence electrons. The van der Waals surface area contributed by atoms with E-state index in [9.17, 15) is 4.79 Å². The van der Waals surface area contributed by atoms with E-state index in [0.29, 0.717) is 24.0 Å². The fourth-order valence-electron chi connectivity index (χ4n) is 1.78. The van der Waals surface area contributed by atoms with Gasteiger partial charge in [-0.2, -0.15) is 0 Å². The van der Waals surface area contributed by atoms with Crippen molar-refractivity contribution in [2.45, 2.75) is 40.5 Å². The molecule has 0 spiro atoms. The zero-order valence-electron chi connectivity index (χ0n) is 13.1. The summed E-state index contributed by atoms with van der Waals surface area (Å²) < 4.78 is 5.33. The molecule has 0 atom stereocenters. The van der Waals surface area contributed by atoms with Crippen LogP contribution in [0.25, 0.3) is 0 Å². The molecule has 0 aliphatic heterocycles. The molecule has 1 N–H and O–H groups in total. The topological polar surface area (TPSA) is 38.3 Å². The minimum absolute atomic E-state index is 0.238. The third kappa shape index (κ3) is 6.09. The number of carbonyl (C=O) groups excluding carboxylic acids is 1. The van der Waals surface area contributed by atoms with E-state index < -0.39 is 0 Å². The van der Waals surface area contributed by atoms with Crippen molar-refractivity contribution >= 4 is 11.7 Å². The quantitative estimate of drug-likeness (QED) is 0.718. The fourth-order valence-corrected chi connectivity index (χ4v) is 1.78. The number of rotatable bonds is 8. The first-order chi connectivity index (χ1) is 9.50. The number of ether oxygens (including phenoxy) is 1. The zero-order chi connectivity index (χ0) is 15.0. The Labute approximate surface area is 122 Å². The van der Waals surface area contributed by atoms with Crippen LogP contribution >= 0.6 is 0 Å². The molecule has 0 aromatic heterocycles. The Morgan fingerprint density at radius 1 is 1.10 bits per heavy atom. The molecule has 1 aromatic carbocycles. The number of nitrogens with one attached hydrogen (secondary N) is 1. The molecule has 0 bridgehead atoms. The summed E-state index contributed by atoms with van der Waals surface area (Å²) in [5.41, 5.74) is 1.49. The number of hydrogen-bond acceptors (Lipinski definition) is 3. The lowest BCUT2D eigenvalue weighted by Gasteiger charge is -2.13. The molecule has 0 aliphatic rings. The minimum Gasteiger partial charge on any atom is -0.462 e. The van der Waals surface area contributed by atoms with Gasteiger partial charge in [0.05, 0.1) is 12.2 Å². The largest absolute Gasteiger partial charge is 0.462 e. The summed E-state index contributed by atoms with van der Waals surface area (Å²) >= 11 is 0. The van der Waals surface area contributed by atoms with E-state index in [1.807, 2.05) is 24.3 Å². The van der Waals surface area contributed by atoms with Crippen molar-refractivity contribution in [2.24, 2.45) is 11.8 Å². The molecule has 0 amide bonds. The number of benzene rings is 1. The molecule has 0 saturated carbocycles. The average Bonchev–Trinajstić information content (AvgIpc) is 2.38. The normalized spacial score (nSPS) is 10.9. The second kappa shape index (κ2) is 8.62. The Bertz CT molecular complexity index is 413. The van der Waals surface area contributed by atoms with Gasteiger partial charge in [0.25, 0.3) is 0 Å². The summed E-state index contributed by atoms with van der Waals surface area (Å²) in [5, 5.41) is 3.32. The number of para-hydroxylation sites is 1. The predicted molar refractivity (Wildman–Crippen MR) is 84.1 cm³/mol. The van der Waals surface area contributed by atoms with E-state index in [1.54, 1.807) is 0 Å². The Morgan fingerprint density at radius 3 is 2.40 bits per heavy atom. The molecule has 0 heterocycles. The monoisotopic (exact) mass is 277 g/mol. The van der Waals surface area contributed by atoms with Gasteiger partial charge in [0, 0.05) is 12.2 Å². The molecular weight excluding hydrogens is 250 g/mol. The van der Waals surface area contributed by atoms with Crippen LogP contribution in [0.4, 0.5) is 5.69 Å². The fraction of sp³-hybridized carbons (Fsp3) is 0.588. The summed E-state index contributed by atoms with van der Waals surface area (Å²) in [6, 6.07) is 7.55. The van der Waals surface area contributed by atoms with Crippen molar-refractivity contribution < 1.29 is 9.53 Å². The van der Waals surface area contributed by atoms with Crippen LogP contribution in [-0.4, -0.2) is 19.1 Å². The summed E-state index contributed by atoms with van der Waals surface area (Å²) in [5.74, 6) is 0.952. The molecule has 0 saturated heterocycles. The smallest absolute Gasteiger partial charge is 0.340 e. The number of esters is 1. The molecule has 3 heteroatoms. The maximum atomic E-state index is 12.1. The van der Waals surface area contributed by atoms with E-state index in [1.165, 1.54) is 0 Å². The Balaban J connectivity index is 2.57. The highest BCUT2D eigenvalue weighted by molar-refractivity contribution is 5.95. The van der Waals surface area contributed by atoms with Crippen molar-refractivity contribution in [1.82, 2.24) is 0 Å². The number of hydrogen-bond donors (Lipinski definition) is 1. The van der Waals surface area contributed by atoms with Gasteiger partial charge in [0.15, 0.2) is 0 Å². The maximum Gasteiger partial charge on any atom is 0.340 e. The summed E-state index contributed by atoms with van der Waals surface area (Å²) in [7, 11) is 0. The van der Waals surface area contributed by atoms with Crippen LogP contribution in [0.5, 0.6) is 0 Å². The van der Waals surface area contributed by atoms with Gasteiger partial charge in [-0.25, -0.2) is 4.79 Å². The SMILES string of the molecule is CC(C)CCNc1ccccc1C(=O)OCCC(C)C. The minimum atomic E-state index is -0.238. The second-order valence-corrected chi connectivity index (χ2v) is 5.97. The third-order valence-corrected chi connectivity index (χ3v) is 3.11. The summed E-state index contributed by atoms with van der Waals surface area (Å²) in [6.07, 6.45) is 1.98. The van der Waals surface area contributed by atoms with Crippen molar-refractivity contribution in [3.63, 3.8) is 0 Å². The van der Waals surface area contributed by atoms with Crippen LogP contribution < -0.4 is 5.32 Å². The van der Waals surface area contributed by atoms with E-state index in [-0.39, 0.29) is 5.97 Å².